The van der Waals surface area contributed by atoms with Crippen LogP contribution in [-0.4, -0.2) is 87.7 Å². The predicted octanol–water partition coefficient (Wildman–Crippen LogP) is 0.552. The van der Waals surface area contributed by atoms with Gasteiger partial charge in [-0.3, -0.25) is 4.90 Å². The van der Waals surface area contributed by atoms with E-state index in [4.69, 9.17) is 0 Å². The van der Waals surface area contributed by atoms with Crippen molar-refractivity contribution in [3.05, 3.63) is 0 Å². The highest BCUT2D eigenvalue weighted by atomic mass is 15.2. The molecule has 0 spiro atoms. The van der Waals surface area contributed by atoms with Gasteiger partial charge in [0, 0.05) is 25.2 Å². The summed E-state index contributed by atoms with van der Waals surface area (Å²) < 4.78 is 0. The van der Waals surface area contributed by atoms with Crippen molar-refractivity contribution in [1.82, 2.24) is 20.0 Å². The van der Waals surface area contributed by atoms with Crippen LogP contribution in [0.25, 0.3) is 0 Å². The second-order valence-corrected chi connectivity index (χ2v) is 6.78. The summed E-state index contributed by atoms with van der Waals surface area (Å²) in [6.07, 6.45) is 3.98. The summed E-state index contributed by atoms with van der Waals surface area (Å²) >= 11 is 0. The first-order valence-electron chi connectivity index (χ1n) is 7.84. The molecule has 0 amide bonds. The number of piperidine rings is 2. The maximum Gasteiger partial charge on any atom is 0.0261 e. The Kier molecular flexibility index (Phi) is 5.63. The van der Waals surface area contributed by atoms with E-state index in [9.17, 15) is 0 Å². The van der Waals surface area contributed by atoms with Crippen molar-refractivity contribution in [1.29, 1.82) is 0 Å². The first kappa shape index (κ1) is 15.2. The van der Waals surface area contributed by atoms with Crippen molar-refractivity contribution in [3.63, 3.8) is 0 Å². The molecule has 2 fully saturated rings. The fourth-order valence-corrected chi connectivity index (χ4v) is 3.73. The largest absolute Gasteiger partial charge is 0.315 e. The molecule has 1 N–H and O–H groups in total. The normalized spacial score (nSPS) is 31.3. The van der Waals surface area contributed by atoms with Gasteiger partial charge in [-0.05, 0) is 73.0 Å². The summed E-state index contributed by atoms with van der Waals surface area (Å²) in [5.41, 5.74) is 0. The molecule has 2 heterocycles. The summed E-state index contributed by atoms with van der Waals surface area (Å²) in [4.78, 5) is 7.50. The van der Waals surface area contributed by atoms with Gasteiger partial charge in [0.2, 0.25) is 0 Å². The van der Waals surface area contributed by atoms with Gasteiger partial charge in [0.25, 0.3) is 0 Å². The topological polar surface area (TPSA) is 21.8 Å². The first-order valence-corrected chi connectivity index (χ1v) is 7.84. The maximum absolute atomic E-state index is 3.60. The molecule has 0 aliphatic carbocycles. The summed E-state index contributed by atoms with van der Waals surface area (Å²) in [5, 5.41) is 3.60. The maximum atomic E-state index is 3.60. The number of rotatable bonds is 4. The molecule has 2 rings (SSSR count). The molecule has 0 aromatic heterocycles. The molecule has 2 saturated heterocycles. The second-order valence-electron chi connectivity index (χ2n) is 6.78. The van der Waals surface area contributed by atoms with E-state index in [0.717, 1.165) is 12.0 Å². The van der Waals surface area contributed by atoms with Gasteiger partial charge in [0.15, 0.2) is 0 Å². The van der Waals surface area contributed by atoms with E-state index in [1.807, 2.05) is 0 Å². The molecule has 0 aromatic rings. The Balaban J connectivity index is 1.92. The molecule has 2 aliphatic rings. The zero-order chi connectivity index (χ0) is 13.8. The minimum Gasteiger partial charge on any atom is -0.315 e. The van der Waals surface area contributed by atoms with E-state index < -0.39 is 0 Å². The second kappa shape index (κ2) is 7.02. The van der Waals surface area contributed by atoms with Crippen LogP contribution in [0.3, 0.4) is 0 Å². The third-order valence-electron chi connectivity index (χ3n) is 4.98. The molecule has 0 aromatic carbocycles. The molecular weight excluding hydrogens is 236 g/mol. The third kappa shape index (κ3) is 4.15. The Morgan fingerprint density at radius 3 is 2.42 bits per heavy atom. The van der Waals surface area contributed by atoms with E-state index >= 15 is 0 Å². The van der Waals surface area contributed by atoms with E-state index in [1.165, 1.54) is 52.0 Å². The molecule has 4 nitrogen and oxygen atoms in total. The summed E-state index contributed by atoms with van der Waals surface area (Å²) in [6.45, 7) is 6.10. The Morgan fingerprint density at radius 2 is 1.79 bits per heavy atom. The van der Waals surface area contributed by atoms with Gasteiger partial charge in [0.05, 0.1) is 0 Å². The number of nitrogens with one attached hydrogen (secondary N) is 1. The van der Waals surface area contributed by atoms with Crippen molar-refractivity contribution in [2.24, 2.45) is 5.92 Å². The Morgan fingerprint density at radius 1 is 1.11 bits per heavy atom. The number of likely N-dealkylation sites (N-methyl/N-ethyl adjacent to an activating group) is 1. The van der Waals surface area contributed by atoms with E-state index in [2.05, 4.69) is 48.2 Å². The quantitative estimate of drug-likeness (QED) is 0.804. The Bertz CT molecular complexity index is 261. The number of hydrogen-bond donors (Lipinski definition) is 1. The molecule has 19 heavy (non-hydrogen) atoms. The smallest absolute Gasteiger partial charge is 0.0261 e. The van der Waals surface area contributed by atoms with Gasteiger partial charge < -0.3 is 15.1 Å². The van der Waals surface area contributed by atoms with Crippen LogP contribution in [-0.2, 0) is 0 Å². The monoisotopic (exact) mass is 268 g/mol. The fraction of sp³-hybridized carbons (Fsp3) is 1.00. The lowest BCUT2D eigenvalue weighted by molar-refractivity contribution is 0.0552. The molecular formula is C15H32N4. The van der Waals surface area contributed by atoms with Crippen LogP contribution in [0.5, 0.6) is 0 Å². The van der Waals surface area contributed by atoms with Gasteiger partial charge >= 0.3 is 0 Å². The van der Waals surface area contributed by atoms with Crippen molar-refractivity contribution in [2.45, 2.75) is 31.3 Å². The van der Waals surface area contributed by atoms with Crippen LogP contribution < -0.4 is 5.32 Å². The Hall–Kier alpha value is -0.160. The molecule has 0 bridgehead atoms. The van der Waals surface area contributed by atoms with Crippen LogP contribution in [0.1, 0.15) is 19.3 Å². The van der Waals surface area contributed by atoms with E-state index in [-0.39, 0.29) is 0 Å². The fourth-order valence-electron chi connectivity index (χ4n) is 3.73. The van der Waals surface area contributed by atoms with Gasteiger partial charge in [-0.1, -0.05) is 0 Å². The molecule has 2 aliphatic heterocycles. The third-order valence-corrected chi connectivity index (χ3v) is 4.98. The number of hydrogen-bond acceptors (Lipinski definition) is 4. The SMILES string of the molecule is CN(C)CC1CCNCC1N(C)C1CCN(C)CC1. The van der Waals surface area contributed by atoms with Crippen LogP contribution in [0.2, 0.25) is 0 Å². The van der Waals surface area contributed by atoms with Crippen LogP contribution in [0, 0.1) is 5.92 Å². The minimum atomic E-state index is 0.713. The highest BCUT2D eigenvalue weighted by Gasteiger charge is 2.32. The van der Waals surface area contributed by atoms with Crippen molar-refractivity contribution < 1.29 is 0 Å². The highest BCUT2D eigenvalue weighted by molar-refractivity contribution is 4.90. The van der Waals surface area contributed by atoms with Crippen LogP contribution >= 0.6 is 0 Å². The average Bonchev–Trinajstić information content (AvgIpc) is 2.39. The van der Waals surface area contributed by atoms with Gasteiger partial charge in [-0.25, -0.2) is 0 Å². The molecule has 4 heteroatoms. The molecule has 2 atom stereocenters. The lowest BCUT2D eigenvalue weighted by atomic mass is 9.89. The standard InChI is InChI=1S/C15H32N4/c1-17(2)12-13-5-8-16-11-15(13)19(4)14-6-9-18(3)10-7-14/h13-16H,5-12H2,1-4H3. The molecule has 0 saturated carbocycles. The lowest BCUT2D eigenvalue weighted by Crippen LogP contribution is -2.56. The highest BCUT2D eigenvalue weighted by Crippen LogP contribution is 2.23. The van der Waals surface area contributed by atoms with Crippen LogP contribution in [0.15, 0.2) is 0 Å². The molecule has 112 valence electrons. The Labute approximate surface area is 119 Å². The number of nitrogens with zero attached hydrogens (tertiary/aromatic N) is 3. The molecule has 2 unspecified atom stereocenters. The minimum absolute atomic E-state index is 0.713. The zero-order valence-electron chi connectivity index (χ0n) is 13.2. The van der Waals surface area contributed by atoms with Gasteiger partial charge in [-0.15, -0.1) is 0 Å². The lowest BCUT2D eigenvalue weighted by Gasteiger charge is -2.45. The molecule has 0 radical (unpaired) electrons. The zero-order valence-corrected chi connectivity index (χ0v) is 13.2. The van der Waals surface area contributed by atoms with Gasteiger partial charge in [-0.2, -0.15) is 0 Å². The number of likely N-dealkylation sites (tertiary alicyclic amines) is 1. The first-order chi connectivity index (χ1) is 9.08. The van der Waals surface area contributed by atoms with Crippen molar-refractivity contribution >= 4 is 0 Å². The van der Waals surface area contributed by atoms with Crippen molar-refractivity contribution in [3.8, 4) is 0 Å². The van der Waals surface area contributed by atoms with Gasteiger partial charge in [0.1, 0.15) is 0 Å². The predicted molar refractivity (Wildman–Crippen MR) is 81.6 cm³/mol. The summed E-state index contributed by atoms with van der Waals surface area (Å²) in [5.74, 6) is 0.820. The van der Waals surface area contributed by atoms with E-state index in [0.29, 0.717) is 6.04 Å². The van der Waals surface area contributed by atoms with E-state index in [1.54, 1.807) is 0 Å². The summed E-state index contributed by atoms with van der Waals surface area (Å²) in [6, 6.07) is 1.50. The summed E-state index contributed by atoms with van der Waals surface area (Å²) in [7, 11) is 9.01. The average molecular weight is 268 g/mol. The van der Waals surface area contributed by atoms with Crippen LogP contribution in [0.4, 0.5) is 0 Å². The van der Waals surface area contributed by atoms with Crippen molar-refractivity contribution in [2.75, 3.05) is 60.9 Å².